The van der Waals surface area contributed by atoms with Gasteiger partial charge in [-0.25, -0.2) is 28.7 Å². The van der Waals surface area contributed by atoms with E-state index in [1.165, 1.54) is 6.20 Å². The first-order valence-corrected chi connectivity index (χ1v) is 10.0. The van der Waals surface area contributed by atoms with E-state index in [0.717, 1.165) is 30.3 Å². The van der Waals surface area contributed by atoms with E-state index >= 15 is 0 Å². The van der Waals surface area contributed by atoms with Crippen molar-refractivity contribution in [2.75, 3.05) is 5.32 Å². The number of benzene rings is 2. The fraction of sp³-hybridized carbons (Fsp3) is 0.0476. The van der Waals surface area contributed by atoms with Crippen molar-refractivity contribution in [2.24, 2.45) is 0 Å². The first-order chi connectivity index (χ1) is 17.5. The van der Waals surface area contributed by atoms with Crippen molar-refractivity contribution < 1.29 is 38.6 Å². The average Bonchev–Trinajstić information content (AvgIpc) is 3.31. The fourth-order valence-electron chi connectivity index (χ4n) is 3.21. The summed E-state index contributed by atoms with van der Waals surface area (Å²) in [5, 5.41) is 31.7. The van der Waals surface area contributed by atoms with Crippen molar-refractivity contribution in [3.05, 3.63) is 79.8 Å². The molecule has 0 fully saturated rings. The van der Waals surface area contributed by atoms with E-state index in [1.54, 1.807) is 0 Å². The first kappa shape index (κ1) is 24.5. The molecule has 188 valence electrons. The van der Waals surface area contributed by atoms with Crippen LogP contribution in [0, 0.1) is 15.9 Å². The van der Waals surface area contributed by atoms with Gasteiger partial charge in [0.05, 0.1) is 38.5 Å². The highest BCUT2D eigenvalue weighted by atomic mass is 19.1. The number of nitro groups is 1. The number of rotatable bonds is 7. The second-order valence-corrected chi connectivity index (χ2v) is 7.30. The molecule has 16 heteroatoms. The van der Waals surface area contributed by atoms with Crippen molar-refractivity contribution in [3.63, 3.8) is 0 Å². The van der Waals surface area contributed by atoms with Crippen molar-refractivity contribution >= 4 is 40.4 Å². The van der Waals surface area contributed by atoms with E-state index in [9.17, 15) is 33.7 Å². The number of hydrogen-bond acceptors (Lipinski definition) is 9. The topological polar surface area (TPSA) is 230 Å². The lowest BCUT2D eigenvalue weighted by molar-refractivity contribution is -0.384. The number of imidazole rings is 1. The van der Waals surface area contributed by atoms with Gasteiger partial charge >= 0.3 is 18.0 Å². The Morgan fingerprint density at radius 3 is 2.54 bits per heavy atom. The van der Waals surface area contributed by atoms with Crippen molar-refractivity contribution in [3.8, 4) is 11.4 Å². The second-order valence-electron chi connectivity index (χ2n) is 7.30. The molecule has 15 nitrogen and oxygen atoms in total. The van der Waals surface area contributed by atoms with Crippen LogP contribution in [-0.2, 0) is 11.3 Å². The van der Waals surface area contributed by atoms with Crippen LogP contribution in [0.3, 0.4) is 0 Å². The van der Waals surface area contributed by atoms with Crippen LogP contribution in [0.5, 0.6) is 0 Å². The number of aromatic carboxylic acids is 2. The average molecular weight is 512 g/mol. The van der Waals surface area contributed by atoms with E-state index in [2.05, 4.69) is 25.3 Å². The molecule has 4 rings (SSSR count). The van der Waals surface area contributed by atoms with Gasteiger partial charge in [-0.1, -0.05) is 0 Å². The first-order valence-electron chi connectivity index (χ1n) is 10.0. The number of hydrogen-bond donors (Lipinski definition) is 5. The monoisotopic (exact) mass is 512 g/mol. The standard InChI is InChI=1S/C21H13FN6O9/c22-11-3-8(19(30)31)1-2-12(11)27-21(34)37-7-9-6-23-17(24-9)10-4-13-14(5-15(10)28(35)36)26-18(29)16(25-13)20(32)33/h1-6H,7H2,(H,23,24)(H,26,29)(H,27,34)(H,30,31)(H,32,33). The summed E-state index contributed by atoms with van der Waals surface area (Å²) in [4.78, 5) is 69.5. The number of nitrogens with one attached hydrogen (secondary N) is 3. The molecule has 2 aromatic carbocycles. The number of nitro benzene ring substituents is 1. The zero-order valence-corrected chi connectivity index (χ0v) is 18.1. The Morgan fingerprint density at radius 2 is 1.89 bits per heavy atom. The van der Waals surface area contributed by atoms with Crippen LogP contribution in [0.25, 0.3) is 22.4 Å². The number of nitrogens with zero attached hydrogens (tertiary/aromatic N) is 3. The summed E-state index contributed by atoms with van der Waals surface area (Å²) >= 11 is 0. The minimum Gasteiger partial charge on any atom is -0.478 e. The maximum absolute atomic E-state index is 14.0. The van der Waals surface area contributed by atoms with Crippen molar-refractivity contribution in [1.82, 2.24) is 19.9 Å². The van der Waals surface area contributed by atoms with Gasteiger partial charge < -0.3 is 24.9 Å². The number of halogens is 1. The van der Waals surface area contributed by atoms with Gasteiger partial charge in [0.2, 0.25) is 5.69 Å². The highest BCUT2D eigenvalue weighted by Gasteiger charge is 2.22. The number of carboxylic acid groups (broad SMARTS) is 2. The van der Waals surface area contributed by atoms with Crippen LogP contribution < -0.4 is 10.9 Å². The lowest BCUT2D eigenvalue weighted by Gasteiger charge is -2.07. The third kappa shape index (κ3) is 5.06. The molecule has 0 atom stereocenters. The molecule has 5 N–H and O–H groups in total. The smallest absolute Gasteiger partial charge is 0.412 e. The van der Waals surface area contributed by atoms with Crippen LogP contribution in [0.1, 0.15) is 26.5 Å². The summed E-state index contributed by atoms with van der Waals surface area (Å²) in [7, 11) is 0. The molecule has 1 amide bonds. The Labute approximate surface area is 202 Å². The number of anilines is 1. The van der Waals surface area contributed by atoms with E-state index < -0.39 is 52.3 Å². The van der Waals surface area contributed by atoms with E-state index in [-0.39, 0.29) is 39.4 Å². The maximum Gasteiger partial charge on any atom is 0.412 e. The number of aromatic nitrogens is 4. The summed E-state index contributed by atoms with van der Waals surface area (Å²) in [6.45, 7) is -0.437. The summed E-state index contributed by atoms with van der Waals surface area (Å²) in [6, 6.07) is 5.01. The largest absolute Gasteiger partial charge is 0.478 e. The number of carboxylic acids is 2. The summed E-state index contributed by atoms with van der Waals surface area (Å²) in [6.07, 6.45) is 0.194. The predicted octanol–water partition coefficient (Wildman–Crippen LogP) is 2.51. The zero-order chi connectivity index (χ0) is 26.9. The van der Waals surface area contributed by atoms with Gasteiger partial charge in [0.15, 0.2) is 0 Å². The van der Waals surface area contributed by atoms with E-state index in [0.29, 0.717) is 0 Å². The number of aromatic amines is 2. The van der Waals surface area contributed by atoms with Crippen LogP contribution >= 0.6 is 0 Å². The molecule has 0 aliphatic heterocycles. The third-order valence-electron chi connectivity index (χ3n) is 4.90. The second kappa shape index (κ2) is 9.53. The lowest BCUT2D eigenvalue weighted by atomic mass is 10.1. The normalized spacial score (nSPS) is 10.7. The molecule has 0 saturated heterocycles. The molecular weight excluding hydrogens is 499 g/mol. The highest BCUT2D eigenvalue weighted by Crippen LogP contribution is 2.31. The molecule has 0 spiro atoms. The number of carbonyl (C=O) groups is 3. The molecule has 0 radical (unpaired) electrons. The summed E-state index contributed by atoms with van der Waals surface area (Å²) in [5.41, 5.74) is -3.06. The molecule has 0 aliphatic carbocycles. The van der Waals surface area contributed by atoms with E-state index in [1.807, 2.05) is 0 Å². The van der Waals surface area contributed by atoms with Gasteiger partial charge in [-0.15, -0.1) is 0 Å². The minimum atomic E-state index is -1.59. The zero-order valence-electron chi connectivity index (χ0n) is 18.1. The van der Waals surface area contributed by atoms with Crippen LogP contribution in [0.15, 0.2) is 41.3 Å². The Bertz CT molecular complexity index is 1660. The van der Waals surface area contributed by atoms with Gasteiger partial charge in [0, 0.05) is 12.3 Å². The third-order valence-corrected chi connectivity index (χ3v) is 4.90. The number of fused-ring (bicyclic) bond motifs is 1. The van der Waals surface area contributed by atoms with Gasteiger partial charge in [-0.2, -0.15) is 0 Å². The Kier molecular flexibility index (Phi) is 6.30. The Balaban J connectivity index is 1.54. The van der Waals surface area contributed by atoms with Gasteiger partial charge in [0.1, 0.15) is 18.2 Å². The molecule has 2 aromatic heterocycles. The molecule has 2 heterocycles. The van der Waals surface area contributed by atoms with Crippen molar-refractivity contribution in [2.45, 2.75) is 6.61 Å². The molecular formula is C21H13FN6O9. The number of carbonyl (C=O) groups excluding carboxylic acids is 1. The molecule has 37 heavy (non-hydrogen) atoms. The maximum atomic E-state index is 14.0. The minimum absolute atomic E-state index is 0.0483. The van der Waals surface area contributed by atoms with Crippen molar-refractivity contribution in [1.29, 1.82) is 0 Å². The van der Waals surface area contributed by atoms with Crippen LogP contribution in [0.2, 0.25) is 0 Å². The summed E-state index contributed by atoms with van der Waals surface area (Å²) in [5.74, 6) is -3.98. The molecule has 0 unspecified atom stereocenters. The van der Waals surface area contributed by atoms with Gasteiger partial charge in [-0.3, -0.25) is 20.2 Å². The number of ether oxygens (including phenoxy) is 1. The molecule has 0 saturated carbocycles. The molecule has 0 aliphatic rings. The predicted molar refractivity (Wildman–Crippen MR) is 121 cm³/mol. The Hall–Kier alpha value is -5.67. The molecule has 4 aromatic rings. The lowest BCUT2D eigenvalue weighted by Crippen LogP contribution is -2.19. The fourth-order valence-corrected chi connectivity index (χ4v) is 3.21. The number of H-pyrrole nitrogens is 2. The van der Waals surface area contributed by atoms with Gasteiger partial charge in [-0.05, 0) is 24.3 Å². The highest BCUT2D eigenvalue weighted by molar-refractivity contribution is 5.91. The van der Waals surface area contributed by atoms with E-state index in [4.69, 9.17) is 14.9 Å². The molecule has 0 bridgehead atoms. The van der Waals surface area contributed by atoms with Crippen LogP contribution in [0.4, 0.5) is 20.6 Å². The van der Waals surface area contributed by atoms with Crippen LogP contribution in [-0.4, -0.2) is 53.1 Å². The quantitative estimate of drug-likeness (QED) is 0.178. The summed E-state index contributed by atoms with van der Waals surface area (Å²) < 4.78 is 18.9. The van der Waals surface area contributed by atoms with Gasteiger partial charge in [0.25, 0.3) is 11.2 Å². The SMILES string of the molecule is O=C(Nc1ccc(C(=O)O)cc1F)OCc1c[nH]c(-c2cc3nc(C(=O)O)c(=O)[nH]c3cc2[N+](=O)[O-])n1. The Morgan fingerprint density at radius 1 is 1.14 bits per heavy atom. The number of amides is 1.